The zero-order valence-corrected chi connectivity index (χ0v) is 26.5. The second-order valence-corrected chi connectivity index (χ2v) is 13.4. The first-order valence-corrected chi connectivity index (χ1v) is 16.1. The largest absolute Gasteiger partial charge is 0.496 e. The Balaban J connectivity index is 1.31. The van der Waals surface area contributed by atoms with Crippen molar-refractivity contribution in [2.45, 2.75) is 54.8 Å². The molecule has 6 bridgehead atoms. The first-order chi connectivity index (χ1) is 22.1. The van der Waals surface area contributed by atoms with Crippen LogP contribution in [0.5, 0.6) is 34.5 Å². The van der Waals surface area contributed by atoms with Gasteiger partial charge < -0.3 is 28.4 Å². The summed E-state index contributed by atoms with van der Waals surface area (Å²) in [5, 5.41) is 0. The number of benzene rings is 4. The lowest BCUT2D eigenvalue weighted by Gasteiger charge is -2.36. The van der Waals surface area contributed by atoms with Crippen LogP contribution in [0.1, 0.15) is 122 Å². The number of methoxy groups -OCH3 is 6. The number of ether oxygens (including phenoxy) is 6. The number of rotatable bonds is 6. The molecule has 4 aromatic carbocycles. The molecule has 6 aliphatic rings. The fourth-order valence-electron chi connectivity index (χ4n) is 11.1. The smallest absolute Gasteiger partial charge is 0.123 e. The van der Waals surface area contributed by atoms with Crippen LogP contribution in [0.25, 0.3) is 0 Å². The molecule has 0 amide bonds. The summed E-state index contributed by atoms with van der Waals surface area (Å²) in [5.41, 5.74) is 17.2. The maximum Gasteiger partial charge on any atom is 0.123 e. The first-order valence-electron chi connectivity index (χ1n) is 16.1. The summed E-state index contributed by atoms with van der Waals surface area (Å²) in [6, 6.07) is 12.6. The Hall–Kier alpha value is -4.32. The molecule has 45 heavy (non-hydrogen) atoms. The van der Waals surface area contributed by atoms with Gasteiger partial charge >= 0.3 is 0 Å². The van der Waals surface area contributed by atoms with E-state index in [1.54, 1.807) is 76.0 Å². The molecule has 0 saturated carbocycles. The highest BCUT2D eigenvalue weighted by Crippen LogP contribution is 2.75. The highest BCUT2D eigenvalue weighted by molar-refractivity contribution is 5.82. The van der Waals surface area contributed by atoms with Gasteiger partial charge in [-0.3, -0.25) is 0 Å². The Morgan fingerprint density at radius 3 is 0.578 bits per heavy atom. The van der Waals surface area contributed by atoms with Crippen molar-refractivity contribution in [3.8, 4) is 34.5 Å². The molecular weight excluding hydrogens is 564 g/mol. The number of hydrogen-bond acceptors (Lipinski definition) is 6. The third-order valence-corrected chi connectivity index (χ3v) is 12.3. The van der Waals surface area contributed by atoms with E-state index in [9.17, 15) is 0 Å². The summed E-state index contributed by atoms with van der Waals surface area (Å²) >= 11 is 0. The van der Waals surface area contributed by atoms with Gasteiger partial charge in [0.1, 0.15) is 34.5 Å². The van der Waals surface area contributed by atoms with E-state index in [1.165, 1.54) is 33.4 Å². The lowest BCUT2D eigenvalue weighted by Crippen LogP contribution is -2.20. The van der Waals surface area contributed by atoms with E-state index >= 15 is 0 Å². The highest BCUT2D eigenvalue weighted by Gasteiger charge is 2.59. The van der Waals surface area contributed by atoms with Gasteiger partial charge in [-0.1, -0.05) is 0 Å². The molecule has 0 aliphatic heterocycles. The van der Waals surface area contributed by atoms with Crippen LogP contribution in [0.2, 0.25) is 0 Å². The maximum atomic E-state index is 6.05. The Morgan fingerprint density at radius 2 is 0.444 bits per heavy atom. The minimum absolute atomic E-state index is 0.273. The minimum Gasteiger partial charge on any atom is -0.496 e. The van der Waals surface area contributed by atoms with E-state index in [0.717, 1.165) is 53.8 Å². The van der Waals surface area contributed by atoms with Gasteiger partial charge in [0.15, 0.2) is 0 Å². The third kappa shape index (κ3) is 2.77. The molecular formula is C39H36O6. The monoisotopic (exact) mass is 600 g/mol. The molecule has 6 aliphatic carbocycles. The predicted octanol–water partition coefficient (Wildman–Crippen LogP) is 7.68. The van der Waals surface area contributed by atoms with Crippen molar-refractivity contribution in [1.82, 2.24) is 0 Å². The van der Waals surface area contributed by atoms with Crippen molar-refractivity contribution in [2.75, 3.05) is 42.7 Å². The van der Waals surface area contributed by atoms with E-state index in [0.29, 0.717) is 0 Å². The Kier molecular flexibility index (Phi) is 5.01. The van der Waals surface area contributed by atoms with E-state index in [-0.39, 0.29) is 35.5 Å². The topological polar surface area (TPSA) is 55.4 Å². The lowest BCUT2D eigenvalue weighted by molar-refractivity contribution is 0.394. The molecule has 0 heterocycles. The Morgan fingerprint density at radius 1 is 0.289 bits per heavy atom. The van der Waals surface area contributed by atoms with Crippen LogP contribution in [-0.4, -0.2) is 42.7 Å². The second kappa shape index (κ2) is 8.68. The van der Waals surface area contributed by atoms with Crippen molar-refractivity contribution in [3.05, 3.63) is 103 Å². The van der Waals surface area contributed by atoms with Crippen LogP contribution in [0.3, 0.4) is 0 Å². The zero-order valence-electron chi connectivity index (χ0n) is 26.5. The molecule has 0 fully saturated rings. The molecule has 10 rings (SSSR count). The Bertz CT molecular complexity index is 1620. The van der Waals surface area contributed by atoms with Crippen molar-refractivity contribution in [2.24, 2.45) is 0 Å². The van der Waals surface area contributed by atoms with Crippen LogP contribution < -0.4 is 28.4 Å². The maximum absolute atomic E-state index is 6.05. The van der Waals surface area contributed by atoms with Crippen molar-refractivity contribution >= 4 is 0 Å². The Labute approximate surface area is 263 Å². The third-order valence-electron chi connectivity index (χ3n) is 12.3. The average molecular weight is 601 g/mol. The average Bonchev–Trinajstić information content (AvgIpc) is 3.93. The molecule has 0 aromatic heterocycles. The SMILES string of the molecule is COc1ccc(OC)c2c1C1CC2c2c1c1c(c3c2C2CC3c3c(OC)ccc(OC)c32)C2CC1c1c(OC)ccc(OC)c12. The molecule has 0 N–H and O–H groups in total. The molecule has 0 saturated heterocycles. The van der Waals surface area contributed by atoms with Gasteiger partial charge in [-0.2, -0.15) is 0 Å². The van der Waals surface area contributed by atoms with Crippen LogP contribution in [0, 0.1) is 0 Å². The fourth-order valence-corrected chi connectivity index (χ4v) is 11.1. The first kappa shape index (κ1) is 26.0. The quantitative estimate of drug-likeness (QED) is 0.226. The van der Waals surface area contributed by atoms with Crippen molar-refractivity contribution in [1.29, 1.82) is 0 Å². The molecule has 6 atom stereocenters. The van der Waals surface area contributed by atoms with Crippen LogP contribution >= 0.6 is 0 Å². The van der Waals surface area contributed by atoms with Crippen LogP contribution in [0.15, 0.2) is 36.4 Å². The summed E-state index contributed by atoms with van der Waals surface area (Å²) < 4.78 is 36.3. The normalized spacial score (nSPS) is 25.7. The zero-order chi connectivity index (χ0) is 30.5. The van der Waals surface area contributed by atoms with Gasteiger partial charge in [-0.25, -0.2) is 0 Å². The molecule has 6 heteroatoms. The standard InChI is InChI=1S/C39H36O6/c1-40-22-7-8-23(41-2)29-17-13-16(28(22)29)34-35(17)37-19-15-21(33-27(45-6)12-11-25(43-4)31(19)33)39(37)38-20-14-18(36(34)38)30-24(42-3)9-10-26(44-5)32(20)30/h7-12,16-21H,13-15H2,1-6H3. The van der Waals surface area contributed by atoms with Gasteiger partial charge in [-0.15, -0.1) is 0 Å². The van der Waals surface area contributed by atoms with Crippen LogP contribution in [0.4, 0.5) is 0 Å². The number of hydrogen-bond donors (Lipinski definition) is 0. The van der Waals surface area contributed by atoms with E-state index < -0.39 is 0 Å². The van der Waals surface area contributed by atoms with E-state index in [1.807, 2.05) is 0 Å². The lowest BCUT2D eigenvalue weighted by atomic mass is 9.68. The summed E-state index contributed by atoms with van der Waals surface area (Å²) in [5.74, 6) is 7.46. The van der Waals surface area contributed by atoms with E-state index in [2.05, 4.69) is 36.4 Å². The van der Waals surface area contributed by atoms with Gasteiger partial charge in [0, 0.05) is 68.9 Å². The van der Waals surface area contributed by atoms with Gasteiger partial charge in [0.25, 0.3) is 0 Å². The number of fused-ring (bicyclic) bond motifs is 27. The summed E-state index contributed by atoms with van der Waals surface area (Å²) in [4.78, 5) is 0. The fraction of sp³-hybridized carbons (Fsp3) is 0.385. The summed E-state index contributed by atoms with van der Waals surface area (Å²) in [6.07, 6.45) is 3.18. The minimum atomic E-state index is 0.273. The molecule has 6 nitrogen and oxygen atoms in total. The van der Waals surface area contributed by atoms with Crippen molar-refractivity contribution in [3.63, 3.8) is 0 Å². The van der Waals surface area contributed by atoms with Crippen molar-refractivity contribution < 1.29 is 28.4 Å². The second-order valence-electron chi connectivity index (χ2n) is 13.4. The van der Waals surface area contributed by atoms with Gasteiger partial charge in [0.05, 0.1) is 42.7 Å². The van der Waals surface area contributed by atoms with Gasteiger partial charge in [-0.05, 0) is 89.0 Å². The van der Waals surface area contributed by atoms with Crippen LogP contribution in [-0.2, 0) is 0 Å². The molecule has 4 aromatic rings. The molecule has 0 spiro atoms. The molecule has 6 unspecified atom stereocenters. The molecule has 0 radical (unpaired) electrons. The highest BCUT2D eigenvalue weighted by atomic mass is 16.5. The van der Waals surface area contributed by atoms with E-state index in [4.69, 9.17) is 28.4 Å². The van der Waals surface area contributed by atoms with Gasteiger partial charge in [0.2, 0.25) is 0 Å². The predicted molar refractivity (Wildman–Crippen MR) is 170 cm³/mol. The summed E-state index contributed by atoms with van der Waals surface area (Å²) in [7, 11) is 10.8. The summed E-state index contributed by atoms with van der Waals surface area (Å²) in [6.45, 7) is 0. The molecule has 228 valence electrons.